The quantitative estimate of drug-likeness (QED) is 0.373. The van der Waals surface area contributed by atoms with E-state index < -0.39 is 0 Å². The highest BCUT2D eigenvalue weighted by Gasteiger charge is 2.11. The zero-order chi connectivity index (χ0) is 22.1. The maximum absolute atomic E-state index is 12.4. The number of rotatable bonds is 9. The minimum atomic E-state index is -0.352. The van der Waals surface area contributed by atoms with Gasteiger partial charge in [0.25, 0.3) is 5.91 Å². The first kappa shape index (κ1) is 22.2. The molecular weight excluding hydrogens is 416 g/mol. The number of hydrogen-bond donors (Lipinski definition) is 1. The Labute approximate surface area is 186 Å². The van der Waals surface area contributed by atoms with Crippen molar-refractivity contribution in [1.29, 1.82) is 0 Å². The van der Waals surface area contributed by atoms with E-state index in [1.54, 1.807) is 37.4 Å². The van der Waals surface area contributed by atoms with E-state index in [-0.39, 0.29) is 5.91 Å². The van der Waals surface area contributed by atoms with Crippen LogP contribution in [0.15, 0.2) is 71.8 Å². The summed E-state index contributed by atoms with van der Waals surface area (Å²) in [6, 6.07) is 19.9. The number of amides is 1. The van der Waals surface area contributed by atoms with E-state index in [4.69, 9.17) is 25.8 Å². The monoisotopic (exact) mass is 438 g/mol. The molecule has 0 aliphatic heterocycles. The van der Waals surface area contributed by atoms with Crippen molar-refractivity contribution in [2.45, 2.75) is 13.5 Å². The van der Waals surface area contributed by atoms with Crippen LogP contribution < -0.4 is 19.6 Å². The zero-order valence-electron chi connectivity index (χ0n) is 17.3. The van der Waals surface area contributed by atoms with Crippen molar-refractivity contribution in [3.05, 3.63) is 88.4 Å². The molecule has 0 spiro atoms. The predicted octanol–water partition coefficient (Wildman–Crippen LogP) is 5.09. The molecule has 0 saturated heterocycles. The molecule has 3 aromatic carbocycles. The van der Waals surface area contributed by atoms with Gasteiger partial charge in [0.2, 0.25) is 0 Å². The van der Waals surface area contributed by atoms with Crippen LogP contribution in [0, 0.1) is 0 Å². The Bertz CT molecular complexity index is 1050. The van der Waals surface area contributed by atoms with E-state index in [0.29, 0.717) is 41.0 Å². The van der Waals surface area contributed by atoms with E-state index >= 15 is 0 Å². The Balaban J connectivity index is 1.63. The number of benzene rings is 3. The molecule has 0 aromatic heterocycles. The number of carbonyl (C=O) groups is 1. The van der Waals surface area contributed by atoms with E-state index in [9.17, 15) is 4.79 Å². The predicted molar refractivity (Wildman–Crippen MR) is 121 cm³/mol. The van der Waals surface area contributed by atoms with Crippen molar-refractivity contribution in [3.8, 4) is 17.2 Å². The van der Waals surface area contributed by atoms with Crippen LogP contribution in [0.2, 0.25) is 5.02 Å². The molecule has 0 radical (unpaired) electrons. The van der Waals surface area contributed by atoms with Gasteiger partial charge in [0, 0.05) is 5.02 Å². The standard InChI is InChI=1S/C24H23ClN2O4/c1-3-30-21-7-5-4-6-20(21)24(28)27-26-15-18-10-13-22(23(14-18)29-2)31-16-17-8-11-19(25)12-9-17/h4-15H,3,16H2,1-2H3,(H,27,28). The molecule has 1 amide bonds. The molecule has 0 atom stereocenters. The van der Waals surface area contributed by atoms with Crippen molar-refractivity contribution >= 4 is 23.7 Å². The van der Waals surface area contributed by atoms with E-state index in [2.05, 4.69) is 10.5 Å². The van der Waals surface area contributed by atoms with Gasteiger partial charge in [-0.3, -0.25) is 4.79 Å². The van der Waals surface area contributed by atoms with Gasteiger partial charge >= 0.3 is 0 Å². The summed E-state index contributed by atoms with van der Waals surface area (Å²) in [6.07, 6.45) is 1.53. The Hall–Kier alpha value is -3.51. The van der Waals surface area contributed by atoms with Crippen LogP contribution >= 0.6 is 11.6 Å². The molecule has 0 bridgehead atoms. The molecule has 0 aliphatic carbocycles. The molecule has 3 aromatic rings. The van der Waals surface area contributed by atoms with Crippen LogP contribution in [0.4, 0.5) is 0 Å². The summed E-state index contributed by atoms with van der Waals surface area (Å²) in [5.41, 5.74) is 4.68. The van der Waals surface area contributed by atoms with E-state index in [1.165, 1.54) is 6.21 Å². The first-order chi connectivity index (χ1) is 15.1. The van der Waals surface area contributed by atoms with Gasteiger partial charge in [-0.05, 0) is 60.5 Å². The van der Waals surface area contributed by atoms with Crippen LogP contribution in [0.5, 0.6) is 17.2 Å². The molecule has 0 unspecified atom stereocenters. The highest BCUT2D eigenvalue weighted by molar-refractivity contribution is 6.30. The van der Waals surface area contributed by atoms with Crippen molar-refractivity contribution in [2.75, 3.05) is 13.7 Å². The molecule has 0 fully saturated rings. The molecule has 3 rings (SSSR count). The van der Waals surface area contributed by atoms with Crippen molar-refractivity contribution in [2.24, 2.45) is 5.10 Å². The molecule has 160 valence electrons. The summed E-state index contributed by atoms with van der Waals surface area (Å²) in [5, 5.41) is 4.72. The number of halogens is 1. The third-order valence-electron chi connectivity index (χ3n) is 4.31. The average molecular weight is 439 g/mol. The lowest BCUT2D eigenvalue weighted by Crippen LogP contribution is -2.18. The largest absolute Gasteiger partial charge is 0.493 e. The van der Waals surface area contributed by atoms with Gasteiger partial charge in [0.15, 0.2) is 11.5 Å². The molecule has 31 heavy (non-hydrogen) atoms. The van der Waals surface area contributed by atoms with E-state index in [0.717, 1.165) is 11.1 Å². The molecule has 1 N–H and O–H groups in total. The number of nitrogens with one attached hydrogen (secondary N) is 1. The van der Waals surface area contributed by atoms with Gasteiger partial charge in [-0.25, -0.2) is 5.43 Å². The van der Waals surface area contributed by atoms with Crippen molar-refractivity contribution in [3.63, 3.8) is 0 Å². The highest BCUT2D eigenvalue weighted by atomic mass is 35.5. The third kappa shape index (κ3) is 6.23. The maximum Gasteiger partial charge on any atom is 0.275 e. The summed E-state index contributed by atoms with van der Waals surface area (Å²) in [5.74, 6) is 1.33. The average Bonchev–Trinajstić information content (AvgIpc) is 2.79. The minimum Gasteiger partial charge on any atom is -0.493 e. The lowest BCUT2D eigenvalue weighted by molar-refractivity contribution is 0.0951. The number of methoxy groups -OCH3 is 1. The van der Waals surface area contributed by atoms with Gasteiger partial charge in [-0.1, -0.05) is 35.9 Å². The summed E-state index contributed by atoms with van der Waals surface area (Å²) in [6.45, 7) is 2.72. The van der Waals surface area contributed by atoms with Gasteiger partial charge in [0.05, 0.1) is 25.5 Å². The fraction of sp³-hybridized carbons (Fsp3) is 0.167. The summed E-state index contributed by atoms with van der Waals surface area (Å²) in [4.78, 5) is 12.4. The molecule has 0 heterocycles. The number of carbonyl (C=O) groups excluding carboxylic acids is 1. The van der Waals surface area contributed by atoms with Crippen LogP contribution in [-0.2, 0) is 6.61 Å². The van der Waals surface area contributed by atoms with E-state index in [1.807, 2.05) is 43.3 Å². The van der Waals surface area contributed by atoms with Gasteiger partial charge < -0.3 is 14.2 Å². The smallest absolute Gasteiger partial charge is 0.275 e. The second-order valence-electron chi connectivity index (χ2n) is 6.45. The lowest BCUT2D eigenvalue weighted by Gasteiger charge is -2.11. The fourth-order valence-corrected chi connectivity index (χ4v) is 2.91. The Morgan fingerprint density at radius 2 is 1.77 bits per heavy atom. The summed E-state index contributed by atoms with van der Waals surface area (Å²) >= 11 is 5.91. The topological polar surface area (TPSA) is 69.2 Å². The first-order valence-corrected chi connectivity index (χ1v) is 10.1. The maximum atomic E-state index is 12.4. The van der Waals surface area contributed by atoms with Gasteiger partial charge in [0.1, 0.15) is 12.4 Å². The normalized spacial score (nSPS) is 10.7. The van der Waals surface area contributed by atoms with Crippen LogP contribution in [0.1, 0.15) is 28.4 Å². The molecule has 0 saturated carbocycles. The number of para-hydroxylation sites is 1. The number of hydrazone groups is 1. The Kier molecular flexibility index (Phi) is 7.90. The second kappa shape index (κ2) is 11.0. The zero-order valence-corrected chi connectivity index (χ0v) is 18.1. The highest BCUT2D eigenvalue weighted by Crippen LogP contribution is 2.28. The second-order valence-corrected chi connectivity index (χ2v) is 6.89. The van der Waals surface area contributed by atoms with Crippen LogP contribution in [0.25, 0.3) is 0 Å². The molecular formula is C24H23ClN2O4. The van der Waals surface area contributed by atoms with Crippen LogP contribution in [0.3, 0.4) is 0 Å². The summed E-state index contributed by atoms with van der Waals surface area (Å²) < 4.78 is 16.7. The number of hydrogen-bond acceptors (Lipinski definition) is 5. The van der Waals surface area contributed by atoms with Crippen molar-refractivity contribution in [1.82, 2.24) is 5.43 Å². The van der Waals surface area contributed by atoms with Gasteiger partial charge in [-0.15, -0.1) is 0 Å². The fourth-order valence-electron chi connectivity index (χ4n) is 2.79. The Morgan fingerprint density at radius 3 is 2.52 bits per heavy atom. The lowest BCUT2D eigenvalue weighted by atomic mass is 10.2. The molecule has 0 aliphatic rings. The molecule has 6 nitrogen and oxygen atoms in total. The summed E-state index contributed by atoms with van der Waals surface area (Å²) in [7, 11) is 1.57. The Morgan fingerprint density at radius 1 is 1.00 bits per heavy atom. The van der Waals surface area contributed by atoms with Crippen molar-refractivity contribution < 1.29 is 19.0 Å². The first-order valence-electron chi connectivity index (χ1n) is 9.71. The number of nitrogens with zero attached hydrogens (tertiary/aromatic N) is 1. The minimum absolute atomic E-state index is 0.352. The van der Waals surface area contributed by atoms with Crippen LogP contribution in [-0.4, -0.2) is 25.8 Å². The number of ether oxygens (including phenoxy) is 3. The molecule has 7 heteroatoms. The third-order valence-corrected chi connectivity index (χ3v) is 4.56. The van der Waals surface area contributed by atoms with Gasteiger partial charge in [-0.2, -0.15) is 5.10 Å². The SMILES string of the molecule is CCOc1ccccc1C(=O)NN=Cc1ccc(OCc2ccc(Cl)cc2)c(OC)c1.